The van der Waals surface area contributed by atoms with Crippen LogP contribution in [0.1, 0.15) is 40.5 Å². The summed E-state index contributed by atoms with van der Waals surface area (Å²) in [4.78, 5) is 21.6. The first kappa shape index (κ1) is 16.6. The first-order valence-corrected chi connectivity index (χ1v) is 9.15. The van der Waals surface area contributed by atoms with E-state index in [-0.39, 0.29) is 11.8 Å². The normalized spacial score (nSPS) is 16.2. The summed E-state index contributed by atoms with van der Waals surface area (Å²) in [6.45, 7) is 5.92. The molecule has 0 fully saturated rings. The van der Waals surface area contributed by atoms with Gasteiger partial charge in [-0.15, -0.1) is 0 Å². The standard InChI is InChI=1S/C20H19N7O/c1-11-8-12(2)26-19(23-11)15(10-22-26)14-9-17(28)24-20-18(14)13(3)25-27(20)16-6-4-5-7-21-16/h4-8,10,14H,9H2,1-3H3,(H,24,28)/t14-/m0/s1. The number of aromatic nitrogens is 6. The van der Waals surface area contributed by atoms with Crippen LogP contribution in [0.25, 0.3) is 11.5 Å². The minimum atomic E-state index is -0.160. The van der Waals surface area contributed by atoms with Crippen LogP contribution in [0.4, 0.5) is 5.82 Å². The van der Waals surface area contributed by atoms with E-state index in [0.29, 0.717) is 18.1 Å². The van der Waals surface area contributed by atoms with Gasteiger partial charge in [-0.3, -0.25) is 4.79 Å². The van der Waals surface area contributed by atoms with E-state index in [1.165, 1.54) is 0 Å². The van der Waals surface area contributed by atoms with Crippen molar-refractivity contribution in [3.8, 4) is 5.82 Å². The van der Waals surface area contributed by atoms with E-state index in [9.17, 15) is 4.79 Å². The van der Waals surface area contributed by atoms with E-state index < -0.39 is 0 Å². The fourth-order valence-corrected chi connectivity index (χ4v) is 3.99. The molecule has 0 saturated carbocycles. The van der Waals surface area contributed by atoms with Crippen LogP contribution < -0.4 is 5.32 Å². The molecule has 0 aliphatic carbocycles. The Balaban J connectivity index is 1.73. The molecule has 5 heterocycles. The zero-order valence-corrected chi connectivity index (χ0v) is 15.8. The number of pyridine rings is 1. The SMILES string of the molecule is Cc1cc(C)n2ncc([C@@H]3CC(=O)Nc4c3c(C)nn4-c3ccccn3)c2n1. The predicted molar refractivity (Wildman–Crippen MR) is 104 cm³/mol. The Morgan fingerprint density at radius 1 is 1.21 bits per heavy atom. The minimum Gasteiger partial charge on any atom is -0.310 e. The maximum atomic E-state index is 12.6. The van der Waals surface area contributed by atoms with Gasteiger partial charge in [0.2, 0.25) is 5.91 Å². The second-order valence-corrected chi connectivity index (χ2v) is 7.13. The fourth-order valence-electron chi connectivity index (χ4n) is 3.99. The van der Waals surface area contributed by atoms with E-state index in [1.807, 2.05) is 55.7 Å². The first-order valence-electron chi connectivity index (χ1n) is 9.15. The van der Waals surface area contributed by atoms with Crippen LogP contribution in [0, 0.1) is 20.8 Å². The quantitative estimate of drug-likeness (QED) is 0.583. The Morgan fingerprint density at radius 2 is 2.07 bits per heavy atom. The molecule has 4 aromatic rings. The number of nitrogens with one attached hydrogen (secondary N) is 1. The van der Waals surface area contributed by atoms with Gasteiger partial charge >= 0.3 is 0 Å². The lowest BCUT2D eigenvalue weighted by Crippen LogP contribution is -2.25. The monoisotopic (exact) mass is 373 g/mol. The third kappa shape index (κ3) is 2.41. The van der Waals surface area contributed by atoms with Gasteiger partial charge in [0.05, 0.1) is 11.9 Å². The summed E-state index contributed by atoms with van der Waals surface area (Å²) in [5.41, 5.74) is 5.50. The van der Waals surface area contributed by atoms with Gasteiger partial charge in [-0.1, -0.05) is 6.07 Å². The molecule has 0 spiro atoms. The van der Waals surface area contributed by atoms with E-state index in [2.05, 4.69) is 20.5 Å². The number of aryl methyl sites for hydroxylation is 3. The molecule has 28 heavy (non-hydrogen) atoms. The minimum absolute atomic E-state index is 0.0571. The summed E-state index contributed by atoms with van der Waals surface area (Å²) >= 11 is 0. The molecule has 4 aromatic heterocycles. The average molecular weight is 373 g/mol. The van der Waals surface area contributed by atoms with Crippen molar-refractivity contribution in [1.82, 2.24) is 29.4 Å². The van der Waals surface area contributed by atoms with E-state index in [4.69, 9.17) is 4.98 Å². The van der Waals surface area contributed by atoms with E-state index >= 15 is 0 Å². The van der Waals surface area contributed by atoms with Gasteiger partial charge < -0.3 is 5.32 Å². The van der Waals surface area contributed by atoms with Gasteiger partial charge in [-0.2, -0.15) is 14.9 Å². The number of nitrogens with zero attached hydrogens (tertiary/aromatic N) is 6. The maximum Gasteiger partial charge on any atom is 0.226 e. The molecule has 1 atom stereocenters. The molecule has 8 nitrogen and oxygen atoms in total. The zero-order chi connectivity index (χ0) is 19.4. The maximum absolute atomic E-state index is 12.6. The number of rotatable bonds is 2. The highest BCUT2D eigenvalue weighted by Gasteiger charge is 2.34. The van der Waals surface area contributed by atoms with Crippen molar-refractivity contribution < 1.29 is 4.79 Å². The van der Waals surface area contributed by atoms with Crippen molar-refractivity contribution in [2.75, 3.05) is 5.32 Å². The highest BCUT2D eigenvalue weighted by atomic mass is 16.1. The lowest BCUT2D eigenvalue weighted by atomic mass is 9.87. The molecule has 1 aliphatic heterocycles. The predicted octanol–water partition coefficient (Wildman–Crippen LogP) is 2.71. The molecule has 1 N–H and O–H groups in total. The van der Waals surface area contributed by atoms with Gasteiger partial charge in [-0.25, -0.2) is 14.5 Å². The molecule has 1 aliphatic rings. The number of anilines is 1. The molecule has 8 heteroatoms. The van der Waals surface area contributed by atoms with Crippen LogP contribution >= 0.6 is 0 Å². The van der Waals surface area contributed by atoms with E-state index in [0.717, 1.165) is 33.9 Å². The summed E-state index contributed by atoms with van der Waals surface area (Å²) in [7, 11) is 0. The summed E-state index contributed by atoms with van der Waals surface area (Å²) in [5, 5.41) is 12.2. The smallest absolute Gasteiger partial charge is 0.226 e. The van der Waals surface area contributed by atoms with Crippen LogP contribution in [0.5, 0.6) is 0 Å². The van der Waals surface area contributed by atoms with Crippen LogP contribution in [0.15, 0.2) is 36.7 Å². The van der Waals surface area contributed by atoms with Crippen molar-refractivity contribution in [2.45, 2.75) is 33.1 Å². The molecule has 5 rings (SSSR count). The summed E-state index contributed by atoms with van der Waals surface area (Å²) in [5.74, 6) is 1.12. The number of hydrogen-bond acceptors (Lipinski definition) is 5. The van der Waals surface area contributed by atoms with Gasteiger partial charge in [-0.05, 0) is 39.0 Å². The van der Waals surface area contributed by atoms with E-state index in [1.54, 1.807) is 10.9 Å². The summed E-state index contributed by atoms with van der Waals surface area (Å²) in [6.07, 6.45) is 3.86. The van der Waals surface area contributed by atoms with Crippen LogP contribution in [0.3, 0.4) is 0 Å². The highest BCUT2D eigenvalue weighted by Crippen LogP contribution is 2.41. The second kappa shape index (κ2) is 5.98. The molecule has 1 amide bonds. The molecule has 0 unspecified atom stereocenters. The van der Waals surface area contributed by atoms with Crippen molar-refractivity contribution in [2.24, 2.45) is 0 Å². The van der Waals surface area contributed by atoms with Crippen LogP contribution in [-0.2, 0) is 4.79 Å². The van der Waals surface area contributed by atoms with Crippen LogP contribution in [-0.4, -0.2) is 35.3 Å². The third-order valence-electron chi connectivity index (χ3n) is 5.15. The molecule has 0 bridgehead atoms. The zero-order valence-electron chi connectivity index (χ0n) is 15.8. The molecule has 0 saturated heterocycles. The topological polar surface area (TPSA) is 90.0 Å². The van der Waals surface area contributed by atoms with Gasteiger partial charge in [0.25, 0.3) is 0 Å². The first-order chi connectivity index (χ1) is 13.5. The Bertz CT molecular complexity index is 1220. The van der Waals surface area contributed by atoms with Gasteiger partial charge in [0.15, 0.2) is 11.5 Å². The van der Waals surface area contributed by atoms with Gasteiger partial charge in [0.1, 0.15) is 5.82 Å². The Hall–Kier alpha value is -3.55. The van der Waals surface area contributed by atoms with Crippen molar-refractivity contribution in [3.63, 3.8) is 0 Å². The Kier molecular flexibility index (Phi) is 3.55. The fraction of sp³-hybridized carbons (Fsp3) is 0.250. The number of hydrogen-bond donors (Lipinski definition) is 1. The van der Waals surface area contributed by atoms with Crippen molar-refractivity contribution >= 4 is 17.4 Å². The summed E-state index contributed by atoms with van der Waals surface area (Å²) < 4.78 is 3.53. The second-order valence-electron chi connectivity index (χ2n) is 7.13. The Labute approximate surface area is 161 Å². The van der Waals surface area contributed by atoms with Crippen LogP contribution in [0.2, 0.25) is 0 Å². The number of carbonyl (C=O) groups excluding carboxylic acids is 1. The average Bonchev–Trinajstić information content (AvgIpc) is 3.23. The molecule has 0 radical (unpaired) electrons. The molecular formula is C20H19N7O. The molecule has 0 aromatic carbocycles. The summed E-state index contributed by atoms with van der Waals surface area (Å²) in [6, 6.07) is 7.61. The number of carbonyl (C=O) groups is 1. The largest absolute Gasteiger partial charge is 0.310 e. The van der Waals surface area contributed by atoms with Crippen molar-refractivity contribution in [3.05, 3.63) is 64.9 Å². The Morgan fingerprint density at radius 3 is 2.86 bits per heavy atom. The molecule has 140 valence electrons. The lowest BCUT2D eigenvalue weighted by Gasteiger charge is -2.23. The highest BCUT2D eigenvalue weighted by molar-refractivity contribution is 5.95. The molecular weight excluding hydrogens is 354 g/mol. The number of fused-ring (bicyclic) bond motifs is 2. The van der Waals surface area contributed by atoms with Crippen molar-refractivity contribution in [1.29, 1.82) is 0 Å². The lowest BCUT2D eigenvalue weighted by molar-refractivity contribution is -0.116. The number of amides is 1. The third-order valence-corrected chi connectivity index (χ3v) is 5.15. The van der Waals surface area contributed by atoms with Gasteiger partial charge in [0, 0.05) is 41.1 Å².